The quantitative estimate of drug-likeness (QED) is 0.809. The SMILES string of the molecule is C=CC(=O)N1CCC2(CCN(Cc3cccc4ccccc34)C2)C1. The number of nitrogens with zero attached hydrogens (tertiary/aromatic N) is 2. The Hall–Kier alpha value is -2.13. The second-order valence-electron chi connectivity index (χ2n) is 7.31. The molecule has 2 saturated heterocycles. The third-order valence-electron chi connectivity index (χ3n) is 5.72. The van der Waals surface area contributed by atoms with Crippen LogP contribution in [0.3, 0.4) is 0 Å². The summed E-state index contributed by atoms with van der Waals surface area (Å²) < 4.78 is 0. The molecule has 0 radical (unpaired) electrons. The van der Waals surface area contributed by atoms with Crippen molar-refractivity contribution in [3.63, 3.8) is 0 Å². The van der Waals surface area contributed by atoms with Gasteiger partial charge in [0.15, 0.2) is 0 Å². The van der Waals surface area contributed by atoms with Gasteiger partial charge in [-0.15, -0.1) is 0 Å². The normalized spacial score (nSPS) is 24.1. The molecule has 2 aliphatic rings. The number of hydrogen-bond donors (Lipinski definition) is 0. The van der Waals surface area contributed by atoms with Crippen molar-refractivity contribution < 1.29 is 4.79 Å². The maximum atomic E-state index is 11.9. The number of likely N-dealkylation sites (tertiary alicyclic amines) is 2. The molecule has 0 aliphatic carbocycles. The molecular weight excluding hydrogens is 296 g/mol. The average molecular weight is 320 g/mol. The number of fused-ring (bicyclic) bond motifs is 1. The van der Waals surface area contributed by atoms with E-state index >= 15 is 0 Å². The van der Waals surface area contributed by atoms with Crippen LogP contribution >= 0.6 is 0 Å². The topological polar surface area (TPSA) is 23.6 Å². The lowest BCUT2D eigenvalue weighted by Gasteiger charge is -2.24. The number of hydrogen-bond acceptors (Lipinski definition) is 2. The van der Waals surface area contributed by atoms with Gasteiger partial charge in [-0.3, -0.25) is 9.69 Å². The Labute approximate surface area is 143 Å². The molecule has 1 unspecified atom stereocenters. The van der Waals surface area contributed by atoms with E-state index in [1.165, 1.54) is 28.8 Å². The summed E-state index contributed by atoms with van der Waals surface area (Å²) in [5.74, 6) is 0.0828. The van der Waals surface area contributed by atoms with Crippen LogP contribution in [0.15, 0.2) is 55.1 Å². The van der Waals surface area contributed by atoms with Crippen LogP contribution in [-0.4, -0.2) is 41.9 Å². The van der Waals surface area contributed by atoms with E-state index in [1.54, 1.807) is 0 Å². The lowest BCUT2D eigenvalue weighted by atomic mass is 9.86. The van der Waals surface area contributed by atoms with E-state index in [0.29, 0.717) is 5.41 Å². The van der Waals surface area contributed by atoms with E-state index in [9.17, 15) is 4.79 Å². The Balaban J connectivity index is 1.48. The minimum absolute atomic E-state index is 0.0828. The summed E-state index contributed by atoms with van der Waals surface area (Å²) in [5, 5.41) is 2.67. The highest BCUT2D eigenvalue weighted by Crippen LogP contribution is 2.40. The fourth-order valence-electron chi connectivity index (χ4n) is 4.42. The van der Waals surface area contributed by atoms with E-state index in [2.05, 4.69) is 53.9 Å². The predicted molar refractivity (Wildman–Crippen MR) is 97.7 cm³/mol. The maximum Gasteiger partial charge on any atom is 0.245 e. The zero-order chi connectivity index (χ0) is 16.6. The van der Waals surface area contributed by atoms with Gasteiger partial charge >= 0.3 is 0 Å². The van der Waals surface area contributed by atoms with Gasteiger partial charge in [0.05, 0.1) is 0 Å². The molecular formula is C21H24N2O. The van der Waals surface area contributed by atoms with Crippen LogP contribution in [0.5, 0.6) is 0 Å². The van der Waals surface area contributed by atoms with Crippen LogP contribution in [0.1, 0.15) is 18.4 Å². The van der Waals surface area contributed by atoms with Crippen molar-refractivity contribution >= 4 is 16.7 Å². The first-order valence-electron chi connectivity index (χ1n) is 8.79. The van der Waals surface area contributed by atoms with Crippen LogP contribution < -0.4 is 0 Å². The van der Waals surface area contributed by atoms with Gasteiger partial charge in [0.25, 0.3) is 0 Å². The molecule has 1 atom stereocenters. The number of amides is 1. The zero-order valence-corrected chi connectivity index (χ0v) is 14.1. The summed E-state index contributed by atoms with van der Waals surface area (Å²) in [6.45, 7) is 8.61. The summed E-state index contributed by atoms with van der Waals surface area (Å²) in [6.07, 6.45) is 3.76. The molecule has 0 saturated carbocycles. The molecule has 24 heavy (non-hydrogen) atoms. The van der Waals surface area contributed by atoms with Crippen LogP contribution in [0, 0.1) is 5.41 Å². The Morgan fingerprint density at radius 1 is 1.08 bits per heavy atom. The van der Waals surface area contributed by atoms with Crippen molar-refractivity contribution in [3.05, 3.63) is 60.7 Å². The molecule has 3 nitrogen and oxygen atoms in total. The first-order valence-corrected chi connectivity index (χ1v) is 8.79. The molecule has 4 rings (SSSR count). The van der Waals surface area contributed by atoms with Crippen molar-refractivity contribution in [2.45, 2.75) is 19.4 Å². The van der Waals surface area contributed by atoms with E-state index in [0.717, 1.165) is 39.1 Å². The van der Waals surface area contributed by atoms with Gasteiger partial charge in [0.2, 0.25) is 5.91 Å². The third kappa shape index (κ3) is 2.73. The molecule has 124 valence electrons. The van der Waals surface area contributed by atoms with E-state index in [4.69, 9.17) is 0 Å². The Morgan fingerprint density at radius 3 is 2.75 bits per heavy atom. The van der Waals surface area contributed by atoms with Crippen molar-refractivity contribution in [2.24, 2.45) is 5.41 Å². The van der Waals surface area contributed by atoms with Gasteiger partial charge in [0, 0.05) is 31.6 Å². The molecule has 0 aromatic heterocycles. The average Bonchev–Trinajstić information content (AvgIpc) is 3.21. The summed E-state index contributed by atoms with van der Waals surface area (Å²) in [4.78, 5) is 16.4. The molecule has 0 bridgehead atoms. The second-order valence-corrected chi connectivity index (χ2v) is 7.31. The van der Waals surface area contributed by atoms with E-state index < -0.39 is 0 Å². The molecule has 1 amide bonds. The number of benzene rings is 2. The first-order chi connectivity index (χ1) is 11.7. The van der Waals surface area contributed by atoms with Gasteiger partial charge in [0.1, 0.15) is 0 Å². The fraction of sp³-hybridized carbons (Fsp3) is 0.381. The highest BCUT2D eigenvalue weighted by Gasteiger charge is 2.44. The molecule has 1 spiro atoms. The van der Waals surface area contributed by atoms with Gasteiger partial charge in [-0.1, -0.05) is 49.0 Å². The van der Waals surface area contributed by atoms with E-state index in [1.807, 2.05) is 4.90 Å². The number of carbonyl (C=O) groups excluding carboxylic acids is 1. The molecule has 2 aromatic carbocycles. The van der Waals surface area contributed by atoms with Crippen LogP contribution in [-0.2, 0) is 11.3 Å². The smallest absolute Gasteiger partial charge is 0.245 e. The van der Waals surface area contributed by atoms with Crippen LogP contribution in [0.4, 0.5) is 0 Å². The van der Waals surface area contributed by atoms with Crippen LogP contribution in [0.25, 0.3) is 10.8 Å². The Kier molecular flexibility index (Phi) is 3.89. The summed E-state index contributed by atoms with van der Waals surface area (Å²) in [7, 11) is 0. The number of carbonyl (C=O) groups is 1. The summed E-state index contributed by atoms with van der Waals surface area (Å²) in [5.41, 5.74) is 1.70. The zero-order valence-electron chi connectivity index (χ0n) is 14.1. The van der Waals surface area contributed by atoms with Gasteiger partial charge < -0.3 is 4.90 Å². The van der Waals surface area contributed by atoms with E-state index in [-0.39, 0.29) is 5.91 Å². The van der Waals surface area contributed by atoms with Gasteiger partial charge in [-0.2, -0.15) is 0 Å². The van der Waals surface area contributed by atoms with Crippen molar-refractivity contribution in [1.82, 2.24) is 9.80 Å². The highest BCUT2D eigenvalue weighted by molar-refractivity contribution is 5.87. The molecule has 0 N–H and O–H groups in total. The van der Waals surface area contributed by atoms with Gasteiger partial charge in [-0.25, -0.2) is 0 Å². The molecule has 2 fully saturated rings. The lowest BCUT2D eigenvalue weighted by Crippen LogP contribution is -2.33. The van der Waals surface area contributed by atoms with Crippen molar-refractivity contribution in [3.8, 4) is 0 Å². The molecule has 2 aromatic rings. The Bertz CT molecular complexity index is 779. The largest absolute Gasteiger partial charge is 0.339 e. The highest BCUT2D eigenvalue weighted by atomic mass is 16.2. The summed E-state index contributed by atoms with van der Waals surface area (Å²) >= 11 is 0. The standard InChI is InChI=1S/C21H24N2O/c1-2-20(24)23-13-11-21(16-23)10-12-22(15-21)14-18-8-5-7-17-6-3-4-9-19(17)18/h2-9H,1,10-16H2. The number of rotatable bonds is 3. The molecule has 2 aliphatic heterocycles. The van der Waals surface area contributed by atoms with Crippen LogP contribution in [0.2, 0.25) is 0 Å². The van der Waals surface area contributed by atoms with Gasteiger partial charge in [-0.05, 0) is 41.8 Å². The van der Waals surface area contributed by atoms with Crippen molar-refractivity contribution in [2.75, 3.05) is 26.2 Å². The third-order valence-corrected chi connectivity index (χ3v) is 5.72. The Morgan fingerprint density at radius 2 is 1.88 bits per heavy atom. The first kappa shape index (κ1) is 15.4. The minimum Gasteiger partial charge on any atom is -0.339 e. The summed E-state index contributed by atoms with van der Waals surface area (Å²) in [6, 6.07) is 15.2. The maximum absolute atomic E-state index is 11.9. The molecule has 2 heterocycles. The minimum atomic E-state index is 0.0828. The monoisotopic (exact) mass is 320 g/mol. The second kappa shape index (κ2) is 6.06. The lowest BCUT2D eigenvalue weighted by molar-refractivity contribution is -0.125. The molecule has 3 heteroatoms. The van der Waals surface area contributed by atoms with Crippen molar-refractivity contribution in [1.29, 1.82) is 0 Å². The fourth-order valence-corrected chi connectivity index (χ4v) is 4.42. The predicted octanol–water partition coefficient (Wildman–Crippen LogP) is 3.45.